The highest BCUT2D eigenvalue weighted by Gasteiger charge is 2.03. The zero-order valence-corrected chi connectivity index (χ0v) is 12.3. The SMILES string of the molecule is C/C(=N/Nc1cccc(C(=O)O)c1)c1ccc(C)c(C)c1. The summed E-state index contributed by atoms with van der Waals surface area (Å²) in [5, 5.41) is 13.3. The first-order valence-electron chi connectivity index (χ1n) is 6.68. The van der Waals surface area contributed by atoms with Crippen LogP contribution in [0.25, 0.3) is 0 Å². The first kappa shape index (κ1) is 14.8. The molecule has 2 aromatic rings. The zero-order chi connectivity index (χ0) is 15.4. The monoisotopic (exact) mass is 282 g/mol. The molecule has 0 bridgehead atoms. The molecule has 0 aromatic heterocycles. The van der Waals surface area contributed by atoms with E-state index in [0.717, 1.165) is 11.3 Å². The Morgan fingerprint density at radius 2 is 1.81 bits per heavy atom. The Labute approximate surface area is 124 Å². The average molecular weight is 282 g/mol. The molecule has 0 radical (unpaired) electrons. The third-order valence-electron chi connectivity index (χ3n) is 3.39. The largest absolute Gasteiger partial charge is 0.478 e. The van der Waals surface area contributed by atoms with Gasteiger partial charge in [0.05, 0.1) is 17.0 Å². The van der Waals surface area contributed by atoms with Crippen molar-refractivity contribution in [2.24, 2.45) is 5.10 Å². The van der Waals surface area contributed by atoms with E-state index in [1.54, 1.807) is 24.3 Å². The Balaban J connectivity index is 2.18. The van der Waals surface area contributed by atoms with Crippen LogP contribution in [0.5, 0.6) is 0 Å². The lowest BCUT2D eigenvalue weighted by atomic mass is 10.0. The molecule has 0 aliphatic heterocycles. The topological polar surface area (TPSA) is 61.7 Å². The van der Waals surface area contributed by atoms with Crippen molar-refractivity contribution in [2.75, 3.05) is 5.43 Å². The van der Waals surface area contributed by atoms with E-state index >= 15 is 0 Å². The second kappa shape index (κ2) is 6.22. The lowest BCUT2D eigenvalue weighted by molar-refractivity contribution is 0.0697. The van der Waals surface area contributed by atoms with Gasteiger partial charge in [0.25, 0.3) is 0 Å². The van der Waals surface area contributed by atoms with E-state index in [1.807, 2.05) is 13.0 Å². The maximum absolute atomic E-state index is 10.9. The molecular weight excluding hydrogens is 264 g/mol. The van der Waals surface area contributed by atoms with Crippen LogP contribution in [0.1, 0.15) is 34.0 Å². The molecule has 0 spiro atoms. The number of carboxylic acid groups (broad SMARTS) is 1. The van der Waals surface area contributed by atoms with Crippen LogP contribution in [0, 0.1) is 13.8 Å². The molecule has 0 aliphatic carbocycles. The Bertz CT molecular complexity index is 706. The van der Waals surface area contributed by atoms with Crippen molar-refractivity contribution < 1.29 is 9.90 Å². The maximum atomic E-state index is 10.9. The highest BCUT2D eigenvalue weighted by atomic mass is 16.4. The van der Waals surface area contributed by atoms with Gasteiger partial charge in [-0.1, -0.05) is 18.2 Å². The first-order valence-corrected chi connectivity index (χ1v) is 6.68. The van der Waals surface area contributed by atoms with Crippen LogP contribution < -0.4 is 5.43 Å². The second-order valence-electron chi connectivity index (χ2n) is 4.99. The molecule has 2 N–H and O–H groups in total. The van der Waals surface area contributed by atoms with Crippen molar-refractivity contribution >= 4 is 17.4 Å². The standard InChI is InChI=1S/C17H18N2O2/c1-11-7-8-14(9-12(11)2)13(3)18-19-16-6-4-5-15(10-16)17(20)21/h4-10,19H,1-3H3,(H,20,21)/b18-13-. The average Bonchev–Trinajstić information content (AvgIpc) is 2.48. The normalized spacial score (nSPS) is 11.3. The van der Waals surface area contributed by atoms with Crippen molar-refractivity contribution in [3.8, 4) is 0 Å². The van der Waals surface area contributed by atoms with Crippen LogP contribution in [0.3, 0.4) is 0 Å². The quantitative estimate of drug-likeness (QED) is 0.661. The zero-order valence-electron chi connectivity index (χ0n) is 12.3. The summed E-state index contributed by atoms with van der Waals surface area (Å²) >= 11 is 0. The minimum atomic E-state index is -0.950. The fraction of sp³-hybridized carbons (Fsp3) is 0.176. The summed E-state index contributed by atoms with van der Waals surface area (Å²) in [7, 11) is 0. The lowest BCUT2D eigenvalue weighted by Crippen LogP contribution is -2.02. The van der Waals surface area contributed by atoms with Gasteiger partial charge in [-0.2, -0.15) is 5.10 Å². The molecule has 0 saturated heterocycles. The van der Waals surface area contributed by atoms with Gasteiger partial charge in [-0.3, -0.25) is 5.43 Å². The summed E-state index contributed by atoms with van der Waals surface area (Å²) in [6.45, 7) is 6.05. The van der Waals surface area contributed by atoms with Crippen LogP contribution in [0.15, 0.2) is 47.6 Å². The Kier molecular flexibility index (Phi) is 4.38. The predicted octanol–water partition coefficient (Wildman–Crippen LogP) is 3.84. The van der Waals surface area contributed by atoms with Crippen LogP contribution >= 0.6 is 0 Å². The molecule has 0 unspecified atom stereocenters. The van der Waals surface area contributed by atoms with E-state index in [0.29, 0.717) is 5.69 Å². The number of carbonyl (C=O) groups is 1. The molecule has 2 rings (SSSR count). The van der Waals surface area contributed by atoms with Crippen LogP contribution in [0.2, 0.25) is 0 Å². The van der Waals surface area contributed by atoms with Crippen LogP contribution in [0.4, 0.5) is 5.69 Å². The number of anilines is 1. The summed E-state index contributed by atoms with van der Waals surface area (Å²) in [5.41, 5.74) is 8.13. The number of aromatic carboxylic acids is 1. The molecule has 0 aliphatic rings. The molecule has 0 atom stereocenters. The van der Waals surface area contributed by atoms with E-state index in [9.17, 15) is 4.79 Å². The highest BCUT2D eigenvalue weighted by Crippen LogP contribution is 2.13. The Morgan fingerprint density at radius 1 is 1.05 bits per heavy atom. The molecule has 0 fully saturated rings. The van der Waals surface area contributed by atoms with E-state index in [1.165, 1.54) is 11.1 Å². The first-order chi connectivity index (χ1) is 9.97. The fourth-order valence-corrected chi connectivity index (χ4v) is 1.90. The number of rotatable bonds is 4. The van der Waals surface area contributed by atoms with Crippen molar-refractivity contribution in [3.05, 3.63) is 64.7 Å². The van der Waals surface area contributed by atoms with Crippen molar-refractivity contribution in [1.29, 1.82) is 0 Å². The fourth-order valence-electron chi connectivity index (χ4n) is 1.90. The third-order valence-corrected chi connectivity index (χ3v) is 3.39. The van der Waals surface area contributed by atoms with Gasteiger partial charge in [0.1, 0.15) is 0 Å². The van der Waals surface area contributed by atoms with Gasteiger partial charge in [0, 0.05) is 0 Å². The van der Waals surface area contributed by atoms with Crippen molar-refractivity contribution in [2.45, 2.75) is 20.8 Å². The number of nitrogens with zero attached hydrogens (tertiary/aromatic N) is 1. The van der Waals surface area contributed by atoms with E-state index in [-0.39, 0.29) is 5.56 Å². The predicted molar refractivity (Wildman–Crippen MR) is 85.2 cm³/mol. The van der Waals surface area contributed by atoms with Gasteiger partial charge in [0.15, 0.2) is 0 Å². The molecule has 108 valence electrons. The summed E-state index contributed by atoms with van der Waals surface area (Å²) < 4.78 is 0. The second-order valence-corrected chi connectivity index (χ2v) is 4.99. The molecular formula is C17H18N2O2. The summed E-state index contributed by atoms with van der Waals surface area (Å²) in [4.78, 5) is 10.9. The number of hydrazone groups is 1. The number of carboxylic acids is 1. The van der Waals surface area contributed by atoms with Gasteiger partial charge in [-0.05, 0) is 61.7 Å². The molecule has 0 amide bonds. The van der Waals surface area contributed by atoms with Crippen molar-refractivity contribution in [1.82, 2.24) is 0 Å². The highest BCUT2D eigenvalue weighted by molar-refractivity contribution is 5.99. The maximum Gasteiger partial charge on any atom is 0.335 e. The molecule has 2 aromatic carbocycles. The van der Waals surface area contributed by atoms with E-state index < -0.39 is 5.97 Å². The number of aryl methyl sites for hydroxylation is 2. The number of benzene rings is 2. The Morgan fingerprint density at radius 3 is 2.48 bits per heavy atom. The molecule has 4 nitrogen and oxygen atoms in total. The minimum Gasteiger partial charge on any atom is -0.478 e. The minimum absolute atomic E-state index is 0.235. The molecule has 0 saturated carbocycles. The van der Waals surface area contributed by atoms with Crippen molar-refractivity contribution in [3.63, 3.8) is 0 Å². The third kappa shape index (κ3) is 3.69. The molecule has 21 heavy (non-hydrogen) atoms. The summed E-state index contributed by atoms with van der Waals surface area (Å²) in [5.74, 6) is -0.950. The van der Waals surface area contributed by atoms with Gasteiger partial charge < -0.3 is 5.11 Å². The molecule has 4 heteroatoms. The van der Waals surface area contributed by atoms with E-state index in [2.05, 4.69) is 36.5 Å². The number of nitrogens with one attached hydrogen (secondary N) is 1. The van der Waals surface area contributed by atoms with Gasteiger partial charge in [-0.15, -0.1) is 0 Å². The number of hydrogen-bond donors (Lipinski definition) is 2. The Hall–Kier alpha value is -2.62. The van der Waals surface area contributed by atoms with Gasteiger partial charge >= 0.3 is 5.97 Å². The van der Waals surface area contributed by atoms with Crippen LogP contribution in [-0.4, -0.2) is 16.8 Å². The van der Waals surface area contributed by atoms with Crippen LogP contribution in [-0.2, 0) is 0 Å². The summed E-state index contributed by atoms with van der Waals surface area (Å²) in [6, 6.07) is 12.7. The van der Waals surface area contributed by atoms with Gasteiger partial charge in [0.2, 0.25) is 0 Å². The van der Waals surface area contributed by atoms with E-state index in [4.69, 9.17) is 5.11 Å². The number of hydrogen-bond acceptors (Lipinski definition) is 3. The molecule has 0 heterocycles. The van der Waals surface area contributed by atoms with Gasteiger partial charge in [-0.25, -0.2) is 4.79 Å². The smallest absolute Gasteiger partial charge is 0.335 e. The lowest BCUT2D eigenvalue weighted by Gasteiger charge is -2.06. The summed E-state index contributed by atoms with van der Waals surface area (Å²) in [6.07, 6.45) is 0.